The second-order valence-corrected chi connectivity index (χ2v) is 8.43. The number of nitrogens with zero attached hydrogens (tertiary/aromatic N) is 4. The van der Waals surface area contributed by atoms with Gasteiger partial charge in [-0.2, -0.15) is 18.2 Å². The number of alkyl halides is 3. The number of hydrogen-bond acceptors (Lipinski definition) is 7. The molecular weight excluding hydrogens is 449 g/mol. The van der Waals surface area contributed by atoms with Crippen molar-refractivity contribution in [1.82, 2.24) is 19.8 Å². The number of carbonyl (C=O) groups excluding carboxylic acids is 1. The number of carbonyl (C=O) groups is 1. The molecule has 0 unspecified atom stereocenters. The van der Waals surface area contributed by atoms with Crippen LogP contribution in [-0.2, 0) is 22.3 Å². The fourth-order valence-electron chi connectivity index (χ4n) is 4.04. The molecule has 2 N–H and O–H groups in total. The Morgan fingerprint density at radius 3 is 2.53 bits per heavy atom. The number of rotatable bonds is 9. The molecule has 0 spiro atoms. The van der Waals surface area contributed by atoms with E-state index in [-0.39, 0.29) is 24.2 Å². The quantitative estimate of drug-likeness (QED) is 0.534. The molecule has 0 aliphatic carbocycles. The molecule has 4 rings (SSSR count). The number of likely N-dealkylation sites (tertiary alicyclic amines) is 1. The van der Waals surface area contributed by atoms with Crippen LogP contribution in [0.5, 0.6) is 0 Å². The Bertz CT molecular complexity index is 964. The molecule has 8 nitrogen and oxygen atoms in total. The number of aromatic nitrogens is 2. The number of amides is 1. The fourth-order valence-corrected chi connectivity index (χ4v) is 4.04. The third kappa shape index (κ3) is 6.57. The van der Waals surface area contributed by atoms with Crippen LogP contribution in [0, 0.1) is 0 Å². The van der Waals surface area contributed by atoms with E-state index in [0.29, 0.717) is 31.6 Å². The number of halogens is 3. The summed E-state index contributed by atoms with van der Waals surface area (Å²) in [6, 6.07) is 7.66. The predicted molar refractivity (Wildman–Crippen MR) is 122 cm³/mol. The first-order valence-electron chi connectivity index (χ1n) is 11.5. The van der Waals surface area contributed by atoms with Crippen LogP contribution in [0.4, 0.5) is 30.6 Å². The van der Waals surface area contributed by atoms with Crippen molar-refractivity contribution in [3.63, 3.8) is 0 Å². The van der Waals surface area contributed by atoms with Crippen LogP contribution >= 0.6 is 0 Å². The molecule has 1 aromatic heterocycles. The number of nitrogens with one attached hydrogen (secondary N) is 2. The lowest BCUT2D eigenvalue weighted by Gasteiger charge is -2.26. The van der Waals surface area contributed by atoms with Gasteiger partial charge in [-0.15, -0.1) is 0 Å². The van der Waals surface area contributed by atoms with Crippen LogP contribution in [0.2, 0.25) is 0 Å². The van der Waals surface area contributed by atoms with Gasteiger partial charge in [0.1, 0.15) is 11.4 Å². The molecule has 2 saturated heterocycles. The Morgan fingerprint density at radius 2 is 1.85 bits per heavy atom. The minimum atomic E-state index is -4.58. The van der Waals surface area contributed by atoms with Crippen molar-refractivity contribution in [3.05, 3.63) is 41.6 Å². The summed E-state index contributed by atoms with van der Waals surface area (Å²) >= 11 is 0. The van der Waals surface area contributed by atoms with Crippen molar-refractivity contribution in [2.45, 2.75) is 32.0 Å². The summed E-state index contributed by atoms with van der Waals surface area (Å²) in [5.41, 5.74) is 0.903. The molecule has 0 radical (unpaired) electrons. The highest BCUT2D eigenvalue weighted by Crippen LogP contribution is 2.34. The van der Waals surface area contributed by atoms with Crippen LogP contribution in [-0.4, -0.2) is 71.6 Å². The Hall–Kier alpha value is -2.92. The van der Waals surface area contributed by atoms with Crippen molar-refractivity contribution in [3.8, 4) is 0 Å². The van der Waals surface area contributed by atoms with Crippen molar-refractivity contribution < 1.29 is 22.7 Å². The van der Waals surface area contributed by atoms with E-state index in [0.717, 1.165) is 51.0 Å². The second kappa shape index (κ2) is 11.0. The zero-order valence-corrected chi connectivity index (χ0v) is 18.9. The first kappa shape index (κ1) is 24.2. The summed E-state index contributed by atoms with van der Waals surface area (Å²) in [5.74, 6) is -0.103. The van der Waals surface area contributed by atoms with Crippen molar-refractivity contribution >= 4 is 23.4 Å². The van der Waals surface area contributed by atoms with Crippen LogP contribution in [0.25, 0.3) is 0 Å². The summed E-state index contributed by atoms with van der Waals surface area (Å²) in [6.07, 6.45) is -1.89. The molecule has 11 heteroatoms. The van der Waals surface area contributed by atoms with Gasteiger partial charge in [0.05, 0.1) is 13.2 Å². The molecule has 34 heavy (non-hydrogen) atoms. The van der Waals surface area contributed by atoms with Gasteiger partial charge in [0, 0.05) is 57.6 Å². The molecule has 0 saturated carbocycles. The zero-order valence-electron chi connectivity index (χ0n) is 18.9. The zero-order chi connectivity index (χ0) is 24.0. The normalized spacial score (nSPS) is 17.3. The van der Waals surface area contributed by atoms with Gasteiger partial charge in [0.2, 0.25) is 11.9 Å². The van der Waals surface area contributed by atoms with Crippen molar-refractivity contribution in [2.75, 3.05) is 56.6 Å². The van der Waals surface area contributed by atoms with Gasteiger partial charge < -0.3 is 20.3 Å². The van der Waals surface area contributed by atoms with Crippen molar-refractivity contribution in [2.24, 2.45) is 0 Å². The van der Waals surface area contributed by atoms with E-state index in [1.807, 2.05) is 24.3 Å². The van der Waals surface area contributed by atoms with Gasteiger partial charge in [0.15, 0.2) is 0 Å². The third-order valence-corrected chi connectivity index (χ3v) is 5.88. The fraction of sp³-hybridized carbons (Fsp3) is 0.522. The van der Waals surface area contributed by atoms with E-state index >= 15 is 0 Å². The Morgan fingerprint density at radius 1 is 1.09 bits per heavy atom. The first-order chi connectivity index (χ1) is 16.4. The maximum absolute atomic E-state index is 13.4. The molecule has 2 aliphatic heterocycles. The molecular formula is C23H29F3N6O2. The van der Waals surface area contributed by atoms with Gasteiger partial charge in [0.25, 0.3) is 0 Å². The standard InChI is InChI=1S/C23H29F3N6O2/c24-23(25,26)19-15-28-22(30-21(19)27-8-2-10-32-9-1-3-20(32)33)29-18-6-4-17(5-7-18)16-31-11-13-34-14-12-31/h4-7,15H,1-3,8-14,16H2,(H2,27,28,29,30). The molecule has 0 atom stereocenters. The first-order valence-corrected chi connectivity index (χ1v) is 11.5. The molecule has 3 heterocycles. The Balaban J connectivity index is 1.37. The lowest BCUT2D eigenvalue weighted by atomic mass is 10.2. The molecule has 2 aliphatic rings. The lowest BCUT2D eigenvalue weighted by Crippen LogP contribution is -2.35. The van der Waals surface area contributed by atoms with Gasteiger partial charge >= 0.3 is 6.18 Å². The number of hydrogen-bond donors (Lipinski definition) is 2. The number of benzene rings is 1. The van der Waals surface area contributed by atoms with E-state index in [2.05, 4.69) is 25.5 Å². The Kier molecular flexibility index (Phi) is 7.84. The van der Waals surface area contributed by atoms with Crippen molar-refractivity contribution in [1.29, 1.82) is 0 Å². The maximum atomic E-state index is 13.4. The lowest BCUT2D eigenvalue weighted by molar-refractivity contribution is -0.137. The smallest absolute Gasteiger partial charge is 0.379 e. The van der Waals surface area contributed by atoms with E-state index in [9.17, 15) is 18.0 Å². The highest BCUT2D eigenvalue weighted by molar-refractivity contribution is 5.78. The minimum absolute atomic E-state index is 0.0751. The molecule has 2 fully saturated rings. The average Bonchev–Trinajstić information content (AvgIpc) is 3.23. The van der Waals surface area contributed by atoms with E-state index in [4.69, 9.17) is 4.74 Å². The van der Waals surface area contributed by atoms with E-state index in [1.54, 1.807) is 4.90 Å². The van der Waals surface area contributed by atoms with Crippen LogP contribution in [0.1, 0.15) is 30.4 Å². The van der Waals surface area contributed by atoms with Gasteiger partial charge in [-0.05, 0) is 30.5 Å². The average molecular weight is 479 g/mol. The summed E-state index contributed by atoms with van der Waals surface area (Å²) in [5, 5.41) is 5.75. The van der Waals surface area contributed by atoms with Gasteiger partial charge in [-0.3, -0.25) is 9.69 Å². The molecule has 1 aromatic carbocycles. The van der Waals surface area contributed by atoms with Crippen LogP contribution < -0.4 is 10.6 Å². The Labute approximate surface area is 196 Å². The largest absolute Gasteiger partial charge is 0.421 e. The molecule has 1 amide bonds. The van der Waals surface area contributed by atoms with Crippen LogP contribution in [0.3, 0.4) is 0 Å². The predicted octanol–water partition coefficient (Wildman–Crippen LogP) is 3.50. The van der Waals surface area contributed by atoms with Gasteiger partial charge in [-0.1, -0.05) is 12.1 Å². The van der Waals surface area contributed by atoms with E-state index in [1.165, 1.54) is 0 Å². The van der Waals surface area contributed by atoms with Crippen LogP contribution in [0.15, 0.2) is 30.5 Å². The SMILES string of the molecule is O=C1CCCN1CCCNc1nc(Nc2ccc(CN3CCOCC3)cc2)ncc1C(F)(F)F. The number of morpholine rings is 1. The maximum Gasteiger partial charge on any atom is 0.421 e. The topological polar surface area (TPSA) is 82.6 Å². The summed E-state index contributed by atoms with van der Waals surface area (Å²) in [6.45, 7) is 5.55. The summed E-state index contributed by atoms with van der Waals surface area (Å²) < 4.78 is 45.7. The summed E-state index contributed by atoms with van der Waals surface area (Å²) in [7, 11) is 0. The highest BCUT2D eigenvalue weighted by atomic mass is 19.4. The molecule has 2 aromatic rings. The van der Waals surface area contributed by atoms with E-state index < -0.39 is 11.7 Å². The number of anilines is 3. The second-order valence-electron chi connectivity index (χ2n) is 8.43. The highest BCUT2D eigenvalue weighted by Gasteiger charge is 2.35. The minimum Gasteiger partial charge on any atom is -0.379 e. The summed E-state index contributed by atoms with van der Waals surface area (Å²) in [4.78, 5) is 23.7. The molecule has 184 valence electrons. The number of ether oxygens (including phenoxy) is 1. The van der Waals surface area contributed by atoms with Gasteiger partial charge in [-0.25, -0.2) is 4.98 Å². The third-order valence-electron chi connectivity index (χ3n) is 5.88. The molecule has 0 bridgehead atoms. The monoisotopic (exact) mass is 478 g/mol.